The fourth-order valence-corrected chi connectivity index (χ4v) is 3.44. The molecule has 0 unspecified atom stereocenters. The second kappa shape index (κ2) is 10.0. The Bertz CT molecular complexity index is 1340. The number of anilines is 1. The van der Waals surface area contributed by atoms with Gasteiger partial charge in [0.1, 0.15) is 12.3 Å². The van der Waals surface area contributed by atoms with Gasteiger partial charge < -0.3 is 20.2 Å². The van der Waals surface area contributed by atoms with Gasteiger partial charge >= 0.3 is 0 Å². The third-order valence-corrected chi connectivity index (χ3v) is 5.36. The van der Waals surface area contributed by atoms with E-state index in [-0.39, 0.29) is 24.8 Å². The average Bonchev–Trinajstić information content (AvgIpc) is 3.32. The number of nitrogens with zero attached hydrogens (tertiary/aromatic N) is 3. The Labute approximate surface area is 196 Å². The second-order valence-electron chi connectivity index (χ2n) is 7.70. The highest BCUT2D eigenvalue weighted by Gasteiger charge is 2.13. The molecule has 0 aliphatic heterocycles. The number of benzene rings is 2. The second-order valence-corrected chi connectivity index (χ2v) is 7.70. The molecule has 4 rings (SSSR count). The minimum atomic E-state index is -0.510. The van der Waals surface area contributed by atoms with E-state index in [1.165, 1.54) is 6.07 Å². The molecule has 0 aliphatic rings. The number of aromatic hydroxyl groups is 1. The Morgan fingerprint density at radius 3 is 2.38 bits per heavy atom. The number of carbonyl (C=O) groups excluding carboxylic acids is 1. The molecule has 2 aromatic heterocycles. The van der Waals surface area contributed by atoms with Crippen LogP contribution in [0.15, 0.2) is 70.0 Å². The summed E-state index contributed by atoms with van der Waals surface area (Å²) in [6.07, 6.45) is 2.55. The molecule has 9 nitrogen and oxygen atoms in total. The van der Waals surface area contributed by atoms with Crippen LogP contribution in [0.1, 0.15) is 34.5 Å². The van der Waals surface area contributed by atoms with Crippen LogP contribution in [0.3, 0.4) is 0 Å². The van der Waals surface area contributed by atoms with Crippen LogP contribution in [-0.4, -0.2) is 33.1 Å². The van der Waals surface area contributed by atoms with E-state index >= 15 is 0 Å². The van der Waals surface area contributed by atoms with Crippen molar-refractivity contribution in [1.82, 2.24) is 20.3 Å². The third-order valence-electron chi connectivity index (χ3n) is 5.36. The molecule has 0 bridgehead atoms. The van der Waals surface area contributed by atoms with Crippen LogP contribution in [0.4, 0.5) is 5.69 Å². The van der Waals surface area contributed by atoms with Gasteiger partial charge in [-0.2, -0.15) is 0 Å². The highest BCUT2D eigenvalue weighted by Crippen LogP contribution is 2.23. The van der Waals surface area contributed by atoms with E-state index in [9.17, 15) is 14.7 Å². The first kappa shape index (κ1) is 22.8. The molecule has 0 spiro atoms. The minimum Gasteiger partial charge on any atom is -0.502 e. The zero-order valence-corrected chi connectivity index (χ0v) is 18.9. The quantitative estimate of drug-likeness (QED) is 0.370. The van der Waals surface area contributed by atoms with E-state index < -0.39 is 11.2 Å². The van der Waals surface area contributed by atoms with Crippen LogP contribution in [0, 0.1) is 0 Å². The smallest absolute Gasteiger partial charge is 0.251 e. The molecular formula is C25H25N5O4. The van der Waals surface area contributed by atoms with E-state index in [2.05, 4.69) is 20.9 Å². The molecule has 0 radical (unpaired) electrons. The van der Waals surface area contributed by atoms with Gasteiger partial charge in [-0.3, -0.25) is 9.59 Å². The number of carbonyl (C=O) groups is 1. The SMILES string of the molecule is CCc1cn(Cc2cc(=O)c(O)c(CNc3ccc(-c4ccc(C(=O)NC)cc4)cc3)o2)nn1. The first-order valence-corrected chi connectivity index (χ1v) is 10.9. The maximum absolute atomic E-state index is 12.2. The van der Waals surface area contributed by atoms with Crippen LogP contribution in [0.5, 0.6) is 5.75 Å². The van der Waals surface area contributed by atoms with Crippen LogP contribution >= 0.6 is 0 Å². The molecule has 9 heteroatoms. The summed E-state index contributed by atoms with van der Waals surface area (Å²) in [6, 6.07) is 16.3. The van der Waals surface area contributed by atoms with Crippen molar-refractivity contribution in [3.8, 4) is 16.9 Å². The van der Waals surface area contributed by atoms with Crippen LogP contribution in [-0.2, 0) is 19.5 Å². The Balaban J connectivity index is 1.44. The Morgan fingerprint density at radius 1 is 1.09 bits per heavy atom. The molecule has 2 aromatic carbocycles. The number of amides is 1. The minimum absolute atomic E-state index is 0.128. The van der Waals surface area contributed by atoms with Gasteiger partial charge in [-0.15, -0.1) is 5.10 Å². The molecule has 0 atom stereocenters. The lowest BCUT2D eigenvalue weighted by Gasteiger charge is -2.10. The Kier molecular flexibility index (Phi) is 6.72. The lowest BCUT2D eigenvalue weighted by Crippen LogP contribution is -2.17. The van der Waals surface area contributed by atoms with E-state index in [0.717, 1.165) is 28.9 Å². The van der Waals surface area contributed by atoms with Gasteiger partial charge in [0.05, 0.1) is 12.2 Å². The Hall–Kier alpha value is -4.40. The molecule has 174 valence electrons. The summed E-state index contributed by atoms with van der Waals surface area (Å²) >= 11 is 0. The summed E-state index contributed by atoms with van der Waals surface area (Å²) in [5.74, 6) is -0.0242. The van der Waals surface area contributed by atoms with E-state index in [4.69, 9.17) is 4.42 Å². The summed E-state index contributed by atoms with van der Waals surface area (Å²) < 4.78 is 7.35. The van der Waals surface area contributed by atoms with Gasteiger partial charge in [0.25, 0.3) is 5.91 Å². The summed E-state index contributed by atoms with van der Waals surface area (Å²) in [4.78, 5) is 23.9. The van der Waals surface area contributed by atoms with Gasteiger partial charge in [0.2, 0.25) is 11.2 Å². The van der Waals surface area contributed by atoms with E-state index in [0.29, 0.717) is 11.3 Å². The van der Waals surface area contributed by atoms with Crippen molar-refractivity contribution in [2.45, 2.75) is 26.4 Å². The number of hydrogen-bond donors (Lipinski definition) is 3. The molecule has 2 heterocycles. The monoisotopic (exact) mass is 459 g/mol. The van der Waals surface area contributed by atoms with Crippen molar-refractivity contribution >= 4 is 11.6 Å². The van der Waals surface area contributed by atoms with Crippen molar-refractivity contribution in [3.05, 3.63) is 93.8 Å². The third kappa shape index (κ3) is 5.15. The lowest BCUT2D eigenvalue weighted by atomic mass is 10.0. The van der Waals surface area contributed by atoms with Gasteiger partial charge in [-0.05, 0) is 41.8 Å². The average molecular weight is 460 g/mol. The highest BCUT2D eigenvalue weighted by molar-refractivity contribution is 5.94. The number of rotatable bonds is 8. The van der Waals surface area contributed by atoms with Gasteiger partial charge in [-0.25, -0.2) is 4.68 Å². The normalized spacial score (nSPS) is 10.8. The van der Waals surface area contributed by atoms with Crippen LogP contribution in [0.25, 0.3) is 11.1 Å². The Morgan fingerprint density at radius 2 is 1.76 bits per heavy atom. The van der Waals surface area contributed by atoms with Gasteiger partial charge in [0.15, 0.2) is 5.76 Å². The maximum Gasteiger partial charge on any atom is 0.251 e. The zero-order chi connectivity index (χ0) is 24.1. The van der Waals surface area contributed by atoms with Gasteiger partial charge in [0, 0.05) is 30.6 Å². The topological polar surface area (TPSA) is 122 Å². The number of hydrogen-bond acceptors (Lipinski definition) is 7. The predicted molar refractivity (Wildman–Crippen MR) is 128 cm³/mol. The molecule has 1 amide bonds. The van der Waals surface area contributed by atoms with Crippen molar-refractivity contribution in [1.29, 1.82) is 0 Å². The number of aryl methyl sites for hydroxylation is 1. The molecule has 4 aromatic rings. The van der Waals surface area contributed by atoms with Crippen LogP contribution in [0.2, 0.25) is 0 Å². The summed E-state index contributed by atoms with van der Waals surface area (Å²) in [5, 5.41) is 24.0. The zero-order valence-electron chi connectivity index (χ0n) is 18.9. The predicted octanol–water partition coefficient (Wildman–Crippen LogP) is 3.19. The van der Waals surface area contributed by atoms with Crippen molar-refractivity contribution in [2.75, 3.05) is 12.4 Å². The molecule has 34 heavy (non-hydrogen) atoms. The van der Waals surface area contributed by atoms with E-state index in [1.54, 1.807) is 30.1 Å². The van der Waals surface area contributed by atoms with Crippen LogP contribution < -0.4 is 16.1 Å². The molecular weight excluding hydrogens is 434 g/mol. The van der Waals surface area contributed by atoms with E-state index in [1.807, 2.05) is 43.3 Å². The van der Waals surface area contributed by atoms with Gasteiger partial charge in [-0.1, -0.05) is 36.4 Å². The standard InChI is InChI=1S/C25H25N5O4/c1-3-19-14-30(29-28-19)15-21-12-22(31)24(32)23(34-21)13-27-20-10-8-17(9-11-20)16-4-6-18(7-5-16)25(33)26-2/h4-12,14,27,32H,3,13,15H2,1-2H3,(H,26,33). The number of aromatic nitrogens is 3. The summed E-state index contributed by atoms with van der Waals surface area (Å²) in [7, 11) is 1.60. The molecule has 0 saturated carbocycles. The van der Waals surface area contributed by atoms with Crippen molar-refractivity contribution in [2.24, 2.45) is 0 Å². The first-order valence-electron chi connectivity index (χ1n) is 10.9. The molecule has 0 aliphatic carbocycles. The highest BCUT2D eigenvalue weighted by atomic mass is 16.4. The first-order chi connectivity index (χ1) is 16.5. The molecule has 3 N–H and O–H groups in total. The molecule has 0 saturated heterocycles. The number of nitrogens with one attached hydrogen (secondary N) is 2. The lowest BCUT2D eigenvalue weighted by molar-refractivity contribution is 0.0963. The van der Waals surface area contributed by atoms with Crippen molar-refractivity contribution in [3.63, 3.8) is 0 Å². The maximum atomic E-state index is 12.2. The summed E-state index contributed by atoms with van der Waals surface area (Å²) in [5.41, 5.74) is 3.70. The fraction of sp³-hybridized carbons (Fsp3) is 0.200. The summed E-state index contributed by atoms with van der Waals surface area (Å²) in [6.45, 7) is 2.35. The van der Waals surface area contributed by atoms with Crippen molar-refractivity contribution < 1.29 is 14.3 Å². The largest absolute Gasteiger partial charge is 0.502 e. The fourth-order valence-electron chi connectivity index (χ4n) is 3.44. The molecule has 0 fully saturated rings.